The van der Waals surface area contributed by atoms with Crippen LogP contribution in [0.4, 0.5) is 0 Å². The van der Waals surface area contributed by atoms with E-state index in [4.69, 9.17) is 17.2 Å². The molecule has 0 aliphatic carbocycles. The second-order valence-corrected chi connectivity index (χ2v) is 18.3. The Hall–Kier alpha value is -8.41. The number of amides is 6. The average molecular weight is 986 g/mol. The van der Waals surface area contributed by atoms with E-state index in [1.807, 2.05) is 115 Å². The maximum atomic E-state index is 14.8. The van der Waals surface area contributed by atoms with Gasteiger partial charge >= 0.3 is 0 Å². The first kappa shape index (κ1) is 52.4. The fraction of sp³-hybridized carbons (Fsp3) is 0.268. The molecule has 17 nitrogen and oxygen atoms in total. The van der Waals surface area contributed by atoms with E-state index in [0.29, 0.717) is 28.9 Å². The van der Waals surface area contributed by atoms with E-state index >= 15 is 0 Å². The third kappa shape index (κ3) is 15.3. The zero-order valence-electron chi connectivity index (χ0n) is 40.7. The minimum Gasteiger partial charge on any atom is -0.368 e. The van der Waals surface area contributed by atoms with Crippen molar-refractivity contribution in [1.29, 1.82) is 0 Å². The van der Waals surface area contributed by atoms with E-state index in [-0.39, 0.29) is 45.1 Å². The summed E-state index contributed by atoms with van der Waals surface area (Å²) in [4.78, 5) is 92.5. The number of H-pyrrole nitrogens is 1. The summed E-state index contributed by atoms with van der Waals surface area (Å²) < 4.78 is 1.86. The molecular weight excluding hydrogens is 923 g/mol. The molecule has 378 valence electrons. The van der Waals surface area contributed by atoms with Crippen LogP contribution in [0.3, 0.4) is 0 Å². The molecular formula is C56H63N11O6. The first-order valence-corrected chi connectivity index (χ1v) is 24.3. The van der Waals surface area contributed by atoms with E-state index in [1.54, 1.807) is 55.1 Å². The Labute approximate surface area is 424 Å². The van der Waals surface area contributed by atoms with Gasteiger partial charge in [0.15, 0.2) is 0 Å². The van der Waals surface area contributed by atoms with Crippen molar-refractivity contribution in [3.05, 3.63) is 197 Å². The molecule has 0 spiro atoms. The molecule has 0 radical (unpaired) electrons. The van der Waals surface area contributed by atoms with Crippen molar-refractivity contribution in [2.45, 2.75) is 88.2 Å². The fourth-order valence-electron chi connectivity index (χ4n) is 8.52. The van der Waals surface area contributed by atoms with Crippen LogP contribution in [0.15, 0.2) is 158 Å². The van der Waals surface area contributed by atoms with Gasteiger partial charge in [-0.1, -0.05) is 139 Å². The topological polar surface area (TPSA) is 274 Å². The van der Waals surface area contributed by atoms with Crippen LogP contribution in [-0.2, 0) is 67.4 Å². The standard InChI is InChI=1S/C56H63N11O6/c1-36-21-23-39(24-22-36)29-49(55(72)64-47(27-37-13-5-2-6-14-37)53(70)62-46(51(59)68)31-42-34-67(35-61-42)33-40-17-9-4-10-18-40)65-54(71)48(28-38-15-7-3-8-16-38)66-56(73)50(63-52(69)44(58)25-26-57)30-41-32-60-45-20-12-11-19-43(41)45/h2-24,32,34-35,44,46-50,60H,25-31,33,57-58H2,1H3,(H2,59,68)(H,62,70)(H,63,69)(H,64,72)(H,65,71)(H,66,73)/t44?,46-,47+,48+,49-,50+/m0/s1. The quantitative estimate of drug-likeness (QED) is 0.0407. The average Bonchev–Trinajstić information content (AvgIpc) is 4.02. The van der Waals surface area contributed by atoms with Gasteiger partial charge in [0.25, 0.3) is 0 Å². The number of rotatable bonds is 25. The van der Waals surface area contributed by atoms with Crippen molar-refractivity contribution >= 4 is 46.3 Å². The largest absolute Gasteiger partial charge is 0.368 e. The van der Waals surface area contributed by atoms with E-state index in [0.717, 1.165) is 27.6 Å². The van der Waals surface area contributed by atoms with E-state index in [9.17, 15) is 28.8 Å². The molecule has 1 unspecified atom stereocenters. The summed E-state index contributed by atoms with van der Waals surface area (Å²) in [6.07, 6.45) is 5.43. The predicted octanol–water partition coefficient (Wildman–Crippen LogP) is 2.82. The van der Waals surface area contributed by atoms with Gasteiger partial charge in [0, 0.05) is 61.9 Å². The van der Waals surface area contributed by atoms with Crippen LogP contribution in [0, 0.1) is 6.92 Å². The summed E-state index contributed by atoms with van der Waals surface area (Å²) in [5.74, 6) is -4.15. The Bertz CT molecular complexity index is 2940. The number of nitrogens with one attached hydrogen (secondary N) is 6. The van der Waals surface area contributed by atoms with Crippen molar-refractivity contribution < 1.29 is 28.8 Å². The summed E-state index contributed by atoms with van der Waals surface area (Å²) in [5.41, 5.74) is 24.0. The number of aromatic nitrogens is 3. The van der Waals surface area contributed by atoms with Gasteiger partial charge in [-0.05, 0) is 53.8 Å². The molecule has 7 rings (SSSR count). The minimum absolute atomic E-state index is 0.00262. The number of para-hydroxylation sites is 1. The third-order valence-corrected chi connectivity index (χ3v) is 12.5. The molecule has 0 bridgehead atoms. The molecule has 12 N–H and O–H groups in total. The van der Waals surface area contributed by atoms with E-state index in [1.165, 1.54) is 0 Å². The number of nitrogens with two attached hydrogens (primary N) is 3. The molecule has 5 aromatic carbocycles. The van der Waals surface area contributed by atoms with E-state index in [2.05, 4.69) is 36.6 Å². The number of nitrogens with zero attached hydrogens (tertiary/aromatic N) is 2. The van der Waals surface area contributed by atoms with Crippen molar-refractivity contribution in [2.75, 3.05) is 6.54 Å². The van der Waals surface area contributed by atoms with Gasteiger partial charge in [0.2, 0.25) is 35.4 Å². The first-order chi connectivity index (χ1) is 35.3. The van der Waals surface area contributed by atoms with Crippen LogP contribution in [0.1, 0.15) is 45.5 Å². The molecule has 7 aromatic rings. The molecule has 6 amide bonds. The van der Waals surface area contributed by atoms with Gasteiger partial charge in [-0.3, -0.25) is 28.8 Å². The number of aryl methyl sites for hydroxylation is 1. The molecule has 73 heavy (non-hydrogen) atoms. The summed E-state index contributed by atoms with van der Waals surface area (Å²) in [6, 6.07) is 35.7. The van der Waals surface area contributed by atoms with Crippen molar-refractivity contribution in [3.63, 3.8) is 0 Å². The number of fused-ring (bicyclic) bond motifs is 1. The first-order valence-electron chi connectivity index (χ1n) is 24.3. The van der Waals surface area contributed by atoms with Crippen LogP contribution >= 0.6 is 0 Å². The second kappa shape index (κ2) is 25.6. The number of hydrogen-bond acceptors (Lipinski definition) is 9. The highest BCUT2D eigenvalue weighted by molar-refractivity contribution is 5.97. The Morgan fingerprint density at radius 1 is 0.548 bits per heavy atom. The molecule has 2 aromatic heterocycles. The molecule has 0 aliphatic rings. The van der Waals surface area contributed by atoms with Gasteiger partial charge in [-0.15, -0.1) is 0 Å². The van der Waals surface area contributed by atoms with Crippen LogP contribution in [0.5, 0.6) is 0 Å². The lowest BCUT2D eigenvalue weighted by Gasteiger charge is -2.27. The van der Waals surface area contributed by atoms with Crippen molar-refractivity contribution in [3.8, 4) is 0 Å². The van der Waals surface area contributed by atoms with E-state index < -0.39 is 71.7 Å². The Kier molecular flexibility index (Phi) is 18.4. The monoisotopic (exact) mass is 985 g/mol. The highest BCUT2D eigenvalue weighted by Gasteiger charge is 2.34. The lowest BCUT2D eigenvalue weighted by atomic mass is 9.99. The molecule has 0 saturated carbocycles. The molecule has 6 atom stereocenters. The fourth-order valence-corrected chi connectivity index (χ4v) is 8.52. The molecule has 17 heteroatoms. The number of hydrogen-bond donors (Lipinski definition) is 9. The summed E-state index contributed by atoms with van der Waals surface area (Å²) in [7, 11) is 0. The van der Waals surface area contributed by atoms with Crippen molar-refractivity contribution in [1.82, 2.24) is 41.1 Å². The molecule has 0 fully saturated rings. The van der Waals surface area contributed by atoms with Crippen molar-refractivity contribution in [2.24, 2.45) is 17.2 Å². The summed E-state index contributed by atoms with van der Waals surface area (Å²) >= 11 is 0. The maximum Gasteiger partial charge on any atom is 0.243 e. The number of imidazole rings is 1. The highest BCUT2D eigenvalue weighted by atomic mass is 16.2. The number of benzene rings is 5. The van der Waals surface area contributed by atoms with Gasteiger partial charge in [0.05, 0.1) is 18.1 Å². The zero-order valence-corrected chi connectivity index (χ0v) is 40.7. The molecule has 0 saturated heterocycles. The van der Waals surface area contributed by atoms with Gasteiger partial charge < -0.3 is 53.3 Å². The zero-order chi connectivity index (χ0) is 51.7. The maximum absolute atomic E-state index is 14.8. The van der Waals surface area contributed by atoms with Crippen LogP contribution in [0.2, 0.25) is 0 Å². The Morgan fingerprint density at radius 2 is 1.00 bits per heavy atom. The van der Waals surface area contributed by atoms with Gasteiger partial charge in [0.1, 0.15) is 30.2 Å². The van der Waals surface area contributed by atoms with Gasteiger partial charge in [-0.25, -0.2) is 4.98 Å². The summed E-state index contributed by atoms with van der Waals surface area (Å²) in [5, 5.41) is 15.1. The number of aromatic amines is 1. The normalized spacial score (nSPS) is 13.6. The smallest absolute Gasteiger partial charge is 0.243 e. The van der Waals surface area contributed by atoms with Gasteiger partial charge in [-0.2, -0.15) is 0 Å². The lowest BCUT2D eigenvalue weighted by molar-refractivity contribution is -0.135. The SMILES string of the molecule is Cc1ccc(C[C@H](NC(=O)[C@@H](Cc2ccccc2)NC(=O)[C@@H](Cc2c[nH]c3ccccc23)NC(=O)C(N)CCN)C(=O)N[C@H](Cc2ccccc2)C(=O)N[C@@H](Cc2cn(Cc3ccccc3)cn2)C(N)=O)cc1. The number of carbonyl (C=O) groups is 6. The summed E-state index contributed by atoms with van der Waals surface area (Å²) in [6.45, 7) is 2.62. The molecule has 2 heterocycles. The lowest BCUT2D eigenvalue weighted by Crippen LogP contribution is -2.60. The second-order valence-electron chi connectivity index (χ2n) is 18.3. The third-order valence-electron chi connectivity index (χ3n) is 12.5. The number of carbonyl (C=O) groups excluding carboxylic acids is 6. The molecule has 0 aliphatic heterocycles. The predicted molar refractivity (Wildman–Crippen MR) is 279 cm³/mol. The van der Waals surface area contributed by atoms with Crippen LogP contribution < -0.4 is 43.8 Å². The Morgan fingerprint density at radius 3 is 1.52 bits per heavy atom. The van der Waals surface area contributed by atoms with Crippen LogP contribution in [0.25, 0.3) is 10.9 Å². The minimum atomic E-state index is -1.28. The number of primary amides is 1. The Balaban J connectivity index is 1.14. The van der Waals surface area contributed by atoms with Crippen LogP contribution in [-0.4, -0.2) is 92.8 Å². The highest BCUT2D eigenvalue weighted by Crippen LogP contribution is 2.20.